The molecule has 0 aliphatic carbocycles. The summed E-state index contributed by atoms with van der Waals surface area (Å²) < 4.78 is 0. The molecule has 0 saturated heterocycles. The molecule has 112 valence electrons. The molecular formula is C12H21N5O2S. The molecule has 1 rings (SSSR count). The first-order valence-electron chi connectivity index (χ1n) is 6.42. The van der Waals surface area contributed by atoms with E-state index in [9.17, 15) is 9.59 Å². The van der Waals surface area contributed by atoms with Crippen LogP contribution in [0.2, 0.25) is 0 Å². The van der Waals surface area contributed by atoms with Crippen molar-refractivity contribution in [2.45, 2.75) is 50.4 Å². The Morgan fingerprint density at radius 1 is 1.40 bits per heavy atom. The zero-order chi connectivity index (χ0) is 15.3. The highest BCUT2D eigenvalue weighted by atomic mass is 32.2. The zero-order valence-corrected chi connectivity index (χ0v) is 13.2. The van der Waals surface area contributed by atoms with Gasteiger partial charge in [0.25, 0.3) is 0 Å². The number of aromatic amines is 1. The smallest absolute Gasteiger partial charge is 0.321 e. The van der Waals surface area contributed by atoms with Crippen molar-refractivity contribution in [3.8, 4) is 0 Å². The van der Waals surface area contributed by atoms with Crippen LogP contribution in [0.15, 0.2) is 5.16 Å². The van der Waals surface area contributed by atoms with Crippen LogP contribution in [-0.4, -0.2) is 38.9 Å². The van der Waals surface area contributed by atoms with Crippen LogP contribution in [0.1, 0.15) is 40.4 Å². The number of urea groups is 1. The molecule has 1 aromatic heterocycles. The Kier molecular flexibility index (Phi) is 5.55. The molecule has 0 saturated carbocycles. The van der Waals surface area contributed by atoms with Crippen molar-refractivity contribution < 1.29 is 9.59 Å². The van der Waals surface area contributed by atoms with Crippen molar-refractivity contribution in [1.29, 1.82) is 0 Å². The minimum absolute atomic E-state index is 0.127. The molecule has 0 radical (unpaired) electrons. The number of rotatable bonds is 4. The molecule has 1 aromatic rings. The summed E-state index contributed by atoms with van der Waals surface area (Å²) in [5.41, 5.74) is -0.127. The highest BCUT2D eigenvalue weighted by molar-refractivity contribution is 8.00. The zero-order valence-electron chi connectivity index (χ0n) is 12.4. The van der Waals surface area contributed by atoms with Crippen molar-refractivity contribution >= 4 is 23.7 Å². The summed E-state index contributed by atoms with van der Waals surface area (Å²) in [6, 6.07) is -0.490. The molecule has 0 unspecified atom stereocenters. The summed E-state index contributed by atoms with van der Waals surface area (Å²) in [5, 5.41) is 11.7. The quantitative estimate of drug-likeness (QED) is 0.730. The molecule has 1 heterocycles. The lowest BCUT2D eigenvalue weighted by Gasteiger charge is -2.13. The van der Waals surface area contributed by atoms with Crippen LogP contribution < -0.4 is 10.6 Å². The molecule has 0 aliphatic rings. The third-order valence-corrected chi connectivity index (χ3v) is 3.36. The molecule has 0 spiro atoms. The van der Waals surface area contributed by atoms with Crippen LogP contribution in [0.25, 0.3) is 0 Å². The maximum Gasteiger partial charge on any atom is 0.321 e. The number of imide groups is 1. The van der Waals surface area contributed by atoms with Crippen LogP contribution in [0, 0.1) is 0 Å². The average Bonchev–Trinajstić information content (AvgIpc) is 2.77. The first kappa shape index (κ1) is 16.5. The third-order valence-electron chi connectivity index (χ3n) is 2.40. The van der Waals surface area contributed by atoms with Gasteiger partial charge in [0.15, 0.2) is 0 Å². The predicted molar refractivity (Wildman–Crippen MR) is 77.6 cm³/mol. The second-order valence-electron chi connectivity index (χ2n) is 5.33. The first-order chi connectivity index (χ1) is 9.24. The van der Waals surface area contributed by atoms with E-state index < -0.39 is 11.3 Å². The average molecular weight is 299 g/mol. The fourth-order valence-corrected chi connectivity index (χ4v) is 1.99. The van der Waals surface area contributed by atoms with Gasteiger partial charge in [0.05, 0.1) is 5.25 Å². The molecule has 7 nitrogen and oxygen atoms in total. The van der Waals surface area contributed by atoms with Gasteiger partial charge in [-0.1, -0.05) is 32.5 Å². The van der Waals surface area contributed by atoms with Crippen molar-refractivity contribution in [1.82, 2.24) is 25.8 Å². The largest absolute Gasteiger partial charge is 0.338 e. The van der Waals surface area contributed by atoms with Gasteiger partial charge in [0.1, 0.15) is 5.82 Å². The maximum absolute atomic E-state index is 11.8. The number of nitrogens with zero attached hydrogens (tertiary/aromatic N) is 2. The van der Waals surface area contributed by atoms with Crippen molar-refractivity contribution in [2.24, 2.45) is 0 Å². The Morgan fingerprint density at radius 2 is 2.05 bits per heavy atom. The van der Waals surface area contributed by atoms with E-state index in [4.69, 9.17) is 0 Å². The molecule has 3 N–H and O–H groups in total. The van der Waals surface area contributed by atoms with Crippen LogP contribution in [0.5, 0.6) is 0 Å². The van der Waals surface area contributed by atoms with E-state index in [1.165, 1.54) is 11.8 Å². The molecular weight excluding hydrogens is 278 g/mol. The normalized spacial score (nSPS) is 12.8. The summed E-state index contributed by atoms with van der Waals surface area (Å²) in [7, 11) is 0. The molecule has 0 fully saturated rings. The lowest BCUT2D eigenvalue weighted by molar-refractivity contribution is -0.119. The van der Waals surface area contributed by atoms with E-state index in [2.05, 4.69) is 25.8 Å². The van der Waals surface area contributed by atoms with Gasteiger partial charge in [0.2, 0.25) is 11.1 Å². The Bertz CT molecular complexity index is 480. The highest BCUT2D eigenvalue weighted by Crippen LogP contribution is 2.23. The lowest BCUT2D eigenvalue weighted by atomic mass is 9.96. The van der Waals surface area contributed by atoms with Gasteiger partial charge in [-0.25, -0.2) is 9.78 Å². The summed E-state index contributed by atoms with van der Waals surface area (Å²) in [4.78, 5) is 27.4. The van der Waals surface area contributed by atoms with E-state index in [0.29, 0.717) is 11.7 Å². The van der Waals surface area contributed by atoms with Gasteiger partial charge in [-0.05, 0) is 13.8 Å². The lowest BCUT2D eigenvalue weighted by Crippen LogP contribution is -2.42. The van der Waals surface area contributed by atoms with Crippen molar-refractivity contribution in [3.05, 3.63) is 5.82 Å². The van der Waals surface area contributed by atoms with Crippen LogP contribution in [-0.2, 0) is 10.2 Å². The summed E-state index contributed by atoms with van der Waals surface area (Å²) in [5.74, 6) is 0.388. The Hall–Kier alpha value is -1.57. The van der Waals surface area contributed by atoms with E-state index >= 15 is 0 Å². The van der Waals surface area contributed by atoms with E-state index in [-0.39, 0.29) is 11.3 Å². The molecule has 8 heteroatoms. The SMILES string of the molecule is CCNC(=O)NC(=O)[C@@H](C)Sc1n[nH]c(C(C)(C)C)n1. The Balaban J connectivity index is 2.57. The topological polar surface area (TPSA) is 99.8 Å². The first-order valence-corrected chi connectivity index (χ1v) is 7.30. The van der Waals surface area contributed by atoms with Gasteiger partial charge >= 0.3 is 6.03 Å². The second-order valence-corrected chi connectivity index (χ2v) is 6.63. The van der Waals surface area contributed by atoms with Gasteiger partial charge in [0, 0.05) is 12.0 Å². The molecule has 1 atom stereocenters. The number of thioether (sulfide) groups is 1. The van der Waals surface area contributed by atoms with Gasteiger partial charge < -0.3 is 5.32 Å². The Labute approximate surface area is 122 Å². The van der Waals surface area contributed by atoms with E-state index in [1.54, 1.807) is 13.8 Å². The number of carbonyl (C=O) groups is 2. The van der Waals surface area contributed by atoms with E-state index in [0.717, 1.165) is 5.82 Å². The molecule has 3 amide bonds. The number of hydrogen-bond acceptors (Lipinski definition) is 5. The van der Waals surface area contributed by atoms with Crippen LogP contribution >= 0.6 is 11.8 Å². The monoisotopic (exact) mass is 299 g/mol. The second kappa shape index (κ2) is 6.74. The Morgan fingerprint density at radius 3 is 2.55 bits per heavy atom. The number of hydrogen-bond donors (Lipinski definition) is 3. The van der Waals surface area contributed by atoms with Crippen molar-refractivity contribution in [2.75, 3.05) is 6.54 Å². The molecule has 20 heavy (non-hydrogen) atoms. The summed E-state index contributed by atoms with van der Waals surface area (Å²) in [6.07, 6.45) is 0. The number of amides is 3. The highest BCUT2D eigenvalue weighted by Gasteiger charge is 2.22. The molecule has 0 bridgehead atoms. The van der Waals surface area contributed by atoms with Gasteiger partial charge in [-0.2, -0.15) is 0 Å². The number of nitrogens with one attached hydrogen (secondary N) is 3. The maximum atomic E-state index is 11.8. The van der Waals surface area contributed by atoms with Crippen LogP contribution in [0.3, 0.4) is 0 Å². The number of carbonyl (C=O) groups excluding carboxylic acids is 2. The minimum Gasteiger partial charge on any atom is -0.338 e. The summed E-state index contributed by atoms with van der Waals surface area (Å²) >= 11 is 1.20. The van der Waals surface area contributed by atoms with E-state index in [1.807, 2.05) is 20.8 Å². The van der Waals surface area contributed by atoms with Crippen LogP contribution in [0.4, 0.5) is 4.79 Å². The van der Waals surface area contributed by atoms with Gasteiger partial charge in [-0.3, -0.25) is 15.2 Å². The number of aromatic nitrogens is 3. The fourth-order valence-electron chi connectivity index (χ4n) is 1.26. The standard InChI is InChI=1S/C12H21N5O2S/c1-6-13-10(19)14-8(18)7(2)20-11-15-9(16-17-11)12(3,4)5/h7H,6H2,1-5H3,(H,15,16,17)(H2,13,14,18,19)/t7-/m1/s1. The minimum atomic E-state index is -0.490. The van der Waals surface area contributed by atoms with Crippen molar-refractivity contribution in [3.63, 3.8) is 0 Å². The fraction of sp³-hybridized carbons (Fsp3) is 0.667. The van der Waals surface area contributed by atoms with Gasteiger partial charge in [-0.15, -0.1) is 5.10 Å². The summed E-state index contributed by atoms with van der Waals surface area (Å²) in [6.45, 7) is 10.0. The molecule has 0 aliphatic heterocycles. The molecule has 0 aromatic carbocycles. The number of H-pyrrole nitrogens is 1. The third kappa shape index (κ3) is 4.84. The predicted octanol–water partition coefficient (Wildman–Crippen LogP) is 1.43.